The molecule has 0 saturated heterocycles. The summed E-state index contributed by atoms with van der Waals surface area (Å²) >= 11 is 0. The quantitative estimate of drug-likeness (QED) is 0.174. The summed E-state index contributed by atoms with van der Waals surface area (Å²) in [5.41, 5.74) is 8.08. The molecular weight excluding hydrogens is 593 g/mol. The second-order valence-electron chi connectivity index (χ2n) is 14.9. The van der Waals surface area contributed by atoms with Gasteiger partial charge >= 0.3 is 0 Å². The molecule has 0 atom stereocenters. The van der Waals surface area contributed by atoms with Gasteiger partial charge in [0.05, 0.1) is 0 Å². The van der Waals surface area contributed by atoms with Crippen LogP contribution >= 0.6 is 0 Å². The van der Waals surface area contributed by atoms with Crippen molar-refractivity contribution in [1.29, 1.82) is 0 Å². The summed E-state index contributed by atoms with van der Waals surface area (Å²) in [5.74, 6) is 0. The molecule has 0 aliphatic heterocycles. The van der Waals surface area contributed by atoms with Crippen molar-refractivity contribution in [2.24, 2.45) is 0 Å². The lowest BCUT2D eigenvalue weighted by molar-refractivity contribution is 0.591. The summed E-state index contributed by atoms with van der Waals surface area (Å²) in [6, 6.07) is 52.1. The van der Waals surface area contributed by atoms with Crippen LogP contribution < -0.4 is 0 Å². The van der Waals surface area contributed by atoms with Gasteiger partial charge in [-0.1, -0.05) is 136 Å². The fraction of sp³-hybridized carbons (Fsp3) is 0.0833. The van der Waals surface area contributed by atoms with Crippen LogP contribution in [0.25, 0.3) is 109 Å². The van der Waals surface area contributed by atoms with Crippen LogP contribution in [0.3, 0.4) is 0 Å². The molecule has 10 aromatic carbocycles. The number of hydrogen-bond donors (Lipinski definition) is 0. The van der Waals surface area contributed by atoms with Crippen molar-refractivity contribution in [3.05, 3.63) is 145 Å². The molecule has 0 saturated carbocycles. The predicted octanol–water partition coefficient (Wildman–Crippen LogP) is 14.0. The molecule has 11 rings (SSSR count). The molecule has 0 spiro atoms. The van der Waals surface area contributed by atoms with Crippen LogP contribution in [-0.2, 0) is 5.41 Å². The third-order valence-electron chi connectivity index (χ3n) is 11.0. The van der Waals surface area contributed by atoms with E-state index < -0.39 is 0 Å². The summed E-state index contributed by atoms with van der Waals surface area (Å²) in [7, 11) is 0. The zero-order valence-electron chi connectivity index (χ0n) is 27.7. The molecule has 0 aliphatic rings. The summed E-state index contributed by atoms with van der Waals surface area (Å²) in [4.78, 5) is 0. The molecule has 1 aromatic heterocycles. The minimum atomic E-state index is 0.0963. The Balaban J connectivity index is 1.10. The van der Waals surface area contributed by atoms with E-state index >= 15 is 0 Å². The third kappa shape index (κ3) is 3.76. The molecule has 11 aromatic rings. The molecule has 0 unspecified atom stereocenters. The fourth-order valence-corrected chi connectivity index (χ4v) is 8.61. The first-order valence-corrected chi connectivity index (χ1v) is 17.2. The number of para-hydroxylation sites is 1. The Kier molecular flexibility index (Phi) is 5.17. The lowest BCUT2D eigenvalue weighted by Crippen LogP contribution is -2.10. The molecule has 1 heteroatoms. The zero-order valence-corrected chi connectivity index (χ0v) is 27.7. The second-order valence-corrected chi connectivity index (χ2v) is 14.9. The molecule has 1 nitrogen and oxygen atoms in total. The van der Waals surface area contributed by atoms with Gasteiger partial charge in [0.1, 0.15) is 11.2 Å². The van der Waals surface area contributed by atoms with E-state index in [1.54, 1.807) is 0 Å². The Labute approximate surface area is 283 Å². The highest BCUT2D eigenvalue weighted by Gasteiger charge is 2.20. The van der Waals surface area contributed by atoms with Crippen LogP contribution in [0.15, 0.2) is 144 Å². The molecule has 1 heterocycles. The molecule has 0 radical (unpaired) electrons. The van der Waals surface area contributed by atoms with E-state index in [0.29, 0.717) is 0 Å². The average Bonchev–Trinajstić information content (AvgIpc) is 3.50. The Morgan fingerprint density at radius 3 is 1.67 bits per heavy atom. The van der Waals surface area contributed by atoms with Crippen LogP contribution in [0.4, 0.5) is 0 Å². The highest BCUT2D eigenvalue weighted by Crippen LogP contribution is 2.44. The molecular formula is C48H32O. The van der Waals surface area contributed by atoms with Crippen molar-refractivity contribution < 1.29 is 4.42 Å². The molecule has 230 valence electrons. The first kappa shape index (κ1) is 27.1. The highest BCUT2D eigenvalue weighted by molar-refractivity contribution is 6.26. The number of benzene rings is 10. The summed E-state index contributed by atoms with van der Waals surface area (Å²) in [6.07, 6.45) is 0. The van der Waals surface area contributed by atoms with Gasteiger partial charge in [-0.05, 0) is 117 Å². The Bertz CT molecular complexity index is 3050. The van der Waals surface area contributed by atoms with Crippen LogP contribution in [0.2, 0.25) is 0 Å². The number of rotatable bonds is 2. The van der Waals surface area contributed by atoms with E-state index in [4.69, 9.17) is 4.42 Å². The van der Waals surface area contributed by atoms with Crippen molar-refractivity contribution in [3.63, 3.8) is 0 Å². The van der Waals surface area contributed by atoms with Crippen LogP contribution in [-0.4, -0.2) is 0 Å². The summed E-state index contributed by atoms with van der Waals surface area (Å²) in [5, 5.41) is 18.0. The van der Waals surface area contributed by atoms with E-state index in [0.717, 1.165) is 27.5 Å². The van der Waals surface area contributed by atoms with Gasteiger partial charge in [-0.15, -0.1) is 0 Å². The van der Waals surface area contributed by atoms with Crippen LogP contribution in [0.1, 0.15) is 26.3 Å². The first-order valence-electron chi connectivity index (χ1n) is 17.2. The van der Waals surface area contributed by atoms with E-state index in [-0.39, 0.29) is 5.41 Å². The smallest absolute Gasteiger partial charge is 0.143 e. The zero-order chi connectivity index (χ0) is 32.6. The number of hydrogen-bond acceptors (Lipinski definition) is 1. The Morgan fingerprint density at radius 2 is 0.959 bits per heavy atom. The van der Waals surface area contributed by atoms with E-state index in [1.807, 2.05) is 0 Å². The van der Waals surface area contributed by atoms with Gasteiger partial charge in [0.15, 0.2) is 0 Å². The van der Waals surface area contributed by atoms with Gasteiger partial charge in [-0.25, -0.2) is 0 Å². The minimum Gasteiger partial charge on any atom is -0.455 e. The van der Waals surface area contributed by atoms with Crippen molar-refractivity contribution in [1.82, 2.24) is 0 Å². The SMILES string of the molecule is CC(C)(C)c1cc2ccc3ccc(-c4ccc5oc6c(-c7cc8ccc9cccc%10ccc(c7)c8c9%10)cccc6c5c4)c4ccc(c1)c2c34. The van der Waals surface area contributed by atoms with Crippen molar-refractivity contribution in [2.75, 3.05) is 0 Å². The largest absolute Gasteiger partial charge is 0.455 e. The van der Waals surface area contributed by atoms with Gasteiger partial charge in [0.25, 0.3) is 0 Å². The van der Waals surface area contributed by atoms with E-state index in [2.05, 4.69) is 160 Å². The third-order valence-corrected chi connectivity index (χ3v) is 11.0. The molecule has 0 amide bonds. The summed E-state index contributed by atoms with van der Waals surface area (Å²) in [6.45, 7) is 6.88. The van der Waals surface area contributed by atoms with Gasteiger partial charge in [-0.2, -0.15) is 0 Å². The van der Waals surface area contributed by atoms with Crippen LogP contribution in [0.5, 0.6) is 0 Å². The number of furan rings is 1. The monoisotopic (exact) mass is 624 g/mol. The molecule has 0 fully saturated rings. The molecule has 0 N–H and O–H groups in total. The predicted molar refractivity (Wildman–Crippen MR) is 211 cm³/mol. The van der Waals surface area contributed by atoms with Crippen LogP contribution in [0, 0.1) is 0 Å². The molecule has 0 bridgehead atoms. The highest BCUT2D eigenvalue weighted by atomic mass is 16.3. The lowest BCUT2D eigenvalue weighted by Gasteiger charge is -2.22. The maximum Gasteiger partial charge on any atom is 0.143 e. The van der Waals surface area contributed by atoms with Gasteiger partial charge < -0.3 is 4.42 Å². The van der Waals surface area contributed by atoms with E-state index in [9.17, 15) is 0 Å². The topological polar surface area (TPSA) is 13.1 Å². The normalized spacial score (nSPS) is 12.8. The van der Waals surface area contributed by atoms with Gasteiger partial charge in [-0.3, -0.25) is 0 Å². The van der Waals surface area contributed by atoms with Gasteiger partial charge in [0.2, 0.25) is 0 Å². The summed E-state index contributed by atoms with van der Waals surface area (Å²) < 4.78 is 6.70. The minimum absolute atomic E-state index is 0.0963. The number of fused-ring (bicyclic) bond motifs is 3. The maximum absolute atomic E-state index is 6.70. The van der Waals surface area contributed by atoms with Gasteiger partial charge in [0, 0.05) is 16.3 Å². The standard InChI is InChI=1S/C48H32O/c1-48(2,3)36-24-33-15-12-29-16-19-37(39-20-17-34(25-36)45(33)46(29)39)30-18-21-42-41(26-30)40-9-5-8-38(47(40)49-42)35-22-31-13-10-27-6-4-7-28-11-14-32(23-35)44(31)43(27)28/h4-26H,1-3H3. The lowest BCUT2D eigenvalue weighted by atomic mass is 9.82. The molecule has 0 aliphatic carbocycles. The van der Waals surface area contributed by atoms with E-state index in [1.165, 1.54) is 86.9 Å². The Morgan fingerprint density at radius 1 is 0.388 bits per heavy atom. The Hall–Kier alpha value is -5.92. The van der Waals surface area contributed by atoms with Crippen molar-refractivity contribution >= 4 is 86.6 Å². The first-order chi connectivity index (χ1) is 23.9. The average molecular weight is 625 g/mol. The maximum atomic E-state index is 6.70. The van der Waals surface area contributed by atoms with Crippen molar-refractivity contribution in [2.45, 2.75) is 26.2 Å². The van der Waals surface area contributed by atoms with Crippen molar-refractivity contribution in [3.8, 4) is 22.3 Å². The fourth-order valence-electron chi connectivity index (χ4n) is 8.61. The molecule has 49 heavy (non-hydrogen) atoms. The second kappa shape index (κ2) is 9.36.